The summed E-state index contributed by atoms with van der Waals surface area (Å²) in [7, 11) is -2.68. The maximum absolute atomic E-state index is 10.3. The second-order valence-electron chi connectivity index (χ2n) is 4.38. The number of nitrogens with two attached hydrogens (primary N) is 2. The monoisotopic (exact) mass is 341 g/mol. The van der Waals surface area contributed by atoms with Crippen LogP contribution in [0, 0.1) is 0 Å². The number of aromatic hydroxyl groups is 1. The molecular formula is C14H19N3O5S. The molecule has 8 nitrogen and oxygen atoms in total. The van der Waals surface area contributed by atoms with Crippen LogP contribution in [0.15, 0.2) is 42.5 Å². The fourth-order valence-electron chi connectivity index (χ4n) is 1.57. The molecule has 0 spiro atoms. The summed E-state index contributed by atoms with van der Waals surface area (Å²) in [5.41, 5.74) is 12.9. The van der Waals surface area contributed by atoms with Gasteiger partial charge >= 0.3 is 10.4 Å². The standard InChI is InChI=1S/C7H10N2O.C7H9NO4S/c8-4-5-3-6(9)1-2-7(5)10;1-8-6-2-4-7(5-3-6)12-13(9,10)11/h1-3,10H,4,8-9H2;2-5,8H,1H3,(H,9,10,11). The number of nitrogen functional groups attached to an aromatic ring is 1. The smallest absolute Gasteiger partial charge is 0.446 e. The molecule has 0 unspecified atom stereocenters. The van der Waals surface area contributed by atoms with Gasteiger partial charge in [0.1, 0.15) is 11.5 Å². The highest BCUT2D eigenvalue weighted by atomic mass is 32.3. The number of hydrogen-bond acceptors (Lipinski definition) is 7. The van der Waals surface area contributed by atoms with E-state index in [0.717, 1.165) is 5.69 Å². The second kappa shape index (κ2) is 8.22. The van der Waals surface area contributed by atoms with Crippen LogP contribution in [-0.4, -0.2) is 25.1 Å². The summed E-state index contributed by atoms with van der Waals surface area (Å²) in [6.07, 6.45) is 0. The lowest BCUT2D eigenvalue weighted by Gasteiger charge is -2.02. The van der Waals surface area contributed by atoms with Crippen molar-refractivity contribution in [1.82, 2.24) is 0 Å². The van der Waals surface area contributed by atoms with E-state index in [2.05, 4.69) is 9.50 Å². The zero-order chi connectivity index (χ0) is 17.5. The van der Waals surface area contributed by atoms with Crippen LogP contribution < -0.4 is 21.0 Å². The summed E-state index contributed by atoms with van der Waals surface area (Å²) < 4.78 is 33.1. The molecular weight excluding hydrogens is 322 g/mol. The van der Waals surface area contributed by atoms with E-state index < -0.39 is 10.4 Å². The lowest BCUT2D eigenvalue weighted by atomic mass is 10.2. The molecule has 0 bridgehead atoms. The van der Waals surface area contributed by atoms with Crippen LogP contribution in [-0.2, 0) is 16.9 Å². The van der Waals surface area contributed by atoms with Gasteiger partial charge in [0.25, 0.3) is 0 Å². The third kappa shape index (κ3) is 6.87. The fraction of sp³-hybridized carbons (Fsp3) is 0.143. The molecule has 0 radical (unpaired) electrons. The van der Waals surface area contributed by atoms with Crippen molar-refractivity contribution in [2.24, 2.45) is 5.73 Å². The minimum atomic E-state index is -4.42. The maximum atomic E-state index is 10.3. The maximum Gasteiger partial charge on any atom is 0.446 e. The van der Waals surface area contributed by atoms with Crippen molar-refractivity contribution in [1.29, 1.82) is 0 Å². The summed E-state index contributed by atoms with van der Waals surface area (Å²) in [6.45, 7) is 0.316. The Labute approximate surface area is 134 Å². The topological polar surface area (TPSA) is 148 Å². The Morgan fingerprint density at radius 2 is 1.78 bits per heavy atom. The molecule has 2 aromatic carbocycles. The van der Waals surface area contributed by atoms with Crippen LogP contribution in [0.2, 0.25) is 0 Å². The van der Waals surface area contributed by atoms with Gasteiger partial charge in [-0.05, 0) is 42.5 Å². The minimum absolute atomic E-state index is 0.0708. The third-order valence-corrected chi connectivity index (χ3v) is 3.07. The van der Waals surface area contributed by atoms with E-state index in [4.69, 9.17) is 21.1 Å². The van der Waals surface area contributed by atoms with Crippen molar-refractivity contribution in [2.75, 3.05) is 18.1 Å². The quantitative estimate of drug-likeness (QED) is 0.318. The van der Waals surface area contributed by atoms with Crippen LogP contribution >= 0.6 is 0 Å². The van der Waals surface area contributed by atoms with Crippen molar-refractivity contribution >= 4 is 21.8 Å². The minimum Gasteiger partial charge on any atom is -0.508 e. The number of rotatable bonds is 4. The van der Waals surface area contributed by atoms with Crippen molar-refractivity contribution in [2.45, 2.75) is 6.54 Å². The predicted molar refractivity (Wildman–Crippen MR) is 88.6 cm³/mol. The average Bonchev–Trinajstić information content (AvgIpc) is 2.49. The molecule has 0 aliphatic rings. The summed E-state index contributed by atoms with van der Waals surface area (Å²) >= 11 is 0. The highest BCUT2D eigenvalue weighted by Gasteiger charge is 2.05. The molecule has 0 saturated carbocycles. The van der Waals surface area contributed by atoms with Crippen molar-refractivity contribution < 1.29 is 22.3 Å². The van der Waals surface area contributed by atoms with Gasteiger partial charge in [0.15, 0.2) is 0 Å². The second-order valence-corrected chi connectivity index (χ2v) is 5.40. The van der Waals surface area contributed by atoms with E-state index in [0.29, 0.717) is 17.8 Å². The number of phenolic OH excluding ortho intramolecular Hbond substituents is 1. The van der Waals surface area contributed by atoms with Crippen LogP contribution in [0.1, 0.15) is 5.56 Å². The van der Waals surface area contributed by atoms with E-state index in [1.54, 1.807) is 31.3 Å². The largest absolute Gasteiger partial charge is 0.508 e. The molecule has 2 aromatic rings. The number of hydrogen-bond donors (Lipinski definition) is 5. The Morgan fingerprint density at radius 1 is 1.17 bits per heavy atom. The molecule has 0 atom stereocenters. The normalized spacial score (nSPS) is 10.4. The Bertz CT molecular complexity index is 733. The molecule has 23 heavy (non-hydrogen) atoms. The molecule has 0 aromatic heterocycles. The number of phenols is 1. The molecule has 0 heterocycles. The SMILES string of the molecule is CNc1ccc(OS(=O)(=O)O)cc1.NCc1cc(N)ccc1O. The van der Waals surface area contributed by atoms with Crippen LogP contribution in [0.5, 0.6) is 11.5 Å². The van der Waals surface area contributed by atoms with E-state index >= 15 is 0 Å². The first-order valence-electron chi connectivity index (χ1n) is 6.47. The van der Waals surface area contributed by atoms with Gasteiger partial charge in [0.2, 0.25) is 0 Å². The molecule has 0 aliphatic carbocycles. The average molecular weight is 341 g/mol. The van der Waals surface area contributed by atoms with Crippen molar-refractivity contribution in [3.8, 4) is 11.5 Å². The molecule has 126 valence electrons. The van der Waals surface area contributed by atoms with Crippen LogP contribution in [0.3, 0.4) is 0 Å². The predicted octanol–water partition coefficient (Wildman–Crippen LogP) is 1.34. The molecule has 9 heteroatoms. The van der Waals surface area contributed by atoms with Gasteiger partial charge in [-0.1, -0.05) is 0 Å². The van der Waals surface area contributed by atoms with Gasteiger partial charge in [-0.25, -0.2) is 0 Å². The zero-order valence-corrected chi connectivity index (χ0v) is 13.2. The first-order valence-corrected chi connectivity index (χ1v) is 7.84. The number of benzene rings is 2. The van der Waals surface area contributed by atoms with E-state index in [9.17, 15) is 8.42 Å². The first kappa shape index (κ1) is 18.6. The Balaban J connectivity index is 0.000000238. The first-order chi connectivity index (χ1) is 10.7. The highest BCUT2D eigenvalue weighted by Crippen LogP contribution is 2.18. The van der Waals surface area contributed by atoms with E-state index in [1.165, 1.54) is 18.2 Å². The van der Waals surface area contributed by atoms with Gasteiger partial charge in [0.05, 0.1) is 0 Å². The van der Waals surface area contributed by atoms with Crippen molar-refractivity contribution in [3.05, 3.63) is 48.0 Å². The van der Waals surface area contributed by atoms with Crippen molar-refractivity contribution in [3.63, 3.8) is 0 Å². The van der Waals surface area contributed by atoms with E-state index in [1.807, 2.05) is 0 Å². The lowest BCUT2D eigenvalue weighted by molar-refractivity contribution is 0.387. The molecule has 0 fully saturated rings. The Kier molecular flexibility index (Phi) is 6.64. The van der Waals surface area contributed by atoms with Gasteiger partial charge in [-0.2, -0.15) is 8.42 Å². The molecule has 0 saturated heterocycles. The third-order valence-electron chi connectivity index (χ3n) is 2.67. The van der Waals surface area contributed by atoms with Crippen LogP contribution in [0.4, 0.5) is 11.4 Å². The highest BCUT2D eigenvalue weighted by molar-refractivity contribution is 7.81. The molecule has 7 N–H and O–H groups in total. The molecule has 2 rings (SSSR count). The van der Waals surface area contributed by atoms with Gasteiger partial charge in [0, 0.05) is 30.5 Å². The summed E-state index contributed by atoms with van der Waals surface area (Å²) in [4.78, 5) is 0. The van der Waals surface area contributed by atoms with E-state index in [-0.39, 0.29) is 11.5 Å². The summed E-state index contributed by atoms with van der Waals surface area (Å²) in [6, 6.07) is 10.9. The molecule has 0 aliphatic heterocycles. The number of nitrogens with one attached hydrogen (secondary N) is 1. The van der Waals surface area contributed by atoms with Gasteiger partial charge in [-0.3, -0.25) is 4.55 Å². The summed E-state index contributed by atoms with van der Waals surface area (Å²) in [5.74, 6) is 0.276. The number of anilines is 2. The summed E-state index contributed by atoms with van der Waals surface area (Å²) in [5, 5.41) is 11.9. The Hall–Kier alpha value is -2.49. The Morgan fingerprint density at radius 3 is 2.22 bits per heavy atom. The zero-order valence-electron chi connectivity index (χ0n) is 12.4. The van der Waals surface area contributed by atoms with Crippen LogP contribution in [0.25, 0.3) is 0 Å². The van der Waals surface area contributed by atoms with Gasteiger partial charge in [-0.15, -0.1) is 0 Å². The van der Waals surface area contributed by atoms with Gasteiger partial charge < -0.3 is 26.1 Å². The fourth-order valence-corrected chi connectivity index (χ4v) is 1.92. The molecule has 0 amide bonds. The lowest BCUT2D eigenvalue weighted by Crippen LogP contribution is -2.06.